The van der Waals surface area contributed by atoms with E-state index in [0.29, 0.717) is 29.9 Å². The summed E-state index contributed by atoms with van der Waals surface area (Å²) in [4.78, 5) is 12.8. The molecule has 3 saturated carbocycles. The highest BCUT2D eigenvalue weighted by atomic mass is 16.7. The fourth-order valence-electron chi connectivity index (χ4n) is 10.1. The van der Waals surface area contributed by atoms with Crippen molar-refractivity contribution in [1.82, 2.24) is 0 Å². The number of Topliss-reactive ketones (excluding diaryl/α,β-unsaturated/α-hetero) is 1. The fourth-order valence-corrected chi connectivity index (χ4v) is 10.1. The first-order chi connectivity index (χ1) is 20.3. The average Bonchev–Trinajstić information content (AvgIpc) is 3.25. The van der Waals surface area contributed by atoms with Crippen LogP contribution in [0.2, 0.25) is 0 Å². The Morgan fingerprint density at radius 1 is 1.05 bits per heavy atom. The maximum atomic E-state index is 12.8. The van der Waals surface area contributed by atoms with Gasteiger partial charge in [0.25, 0.3) is 5.78 Å². The first kappa shape index (κ1) is 31.6. The van der Waals surface area contributed by atoms with E-state index in [1.165, 1.54) is 12.7 Å². The topological polar surface area (TPSA) is 124 Å². The molecule has 6 rings (SSSR count). The third-order valence-electron chi connectivity index (χ3n) is 12.7. The first-order valence-electron chi connectivity index (χ1n) is 16.5. The molecular formula is C34H52O9. The van der Waals surface area contributed by atoms with E-state index in [4.69, 9.17) is 23.7 Å². The van der Waals surface area contributed by atoms with E-state index in [1.54, 1.807) is 13.0 Å². The Morgan fingerprint density at radius 2 is 1.79 bits per heavy atom. The summed E-state index contributed by atoms with van der Waals surface area (Å²) >= 11 is 0. The van der Waals surface area contributed by atoms with Crippen LogP contribution in [0.3, 0.4) is 0 Å². The molecule has 6 aliphatic rings. The van der Waals surface area contributed by atoms with Gasteiger partial charge in [-0.1, -0.05) is 25.5 Å². The molecule has 0 bridgehead atoms. The van der Waals surface area contributed by atoms with Gasteiger partial charge < -0.3 is 39.0 Å². The minimum atomic E-state index is -0.994. The highest BCUT2D eigenvalue weighted by molar-refractivity contribution is 5.96. The standard InChI is InChI=1S/C34H52O9/c1-18-15-27(39-6)30(37)31(40-18)43-22-9-12-32(4)21(16-22)7-8-23-24(32)10-13-33(5)25(23)11-14-34(33,38)20(3)42-28-17-26(35)29(36)19(2)41-28/h7,15,18-20,22-26,28-29,31,35-36,38H,8-14,16-17H2,1-6H3/t18-,19-,20+,22-,23+,24-,25-,26-,28+,29+,31-,32-,33-,34-/m0/s1. The van der Waals surface area contributed by atoms with Crippen LogP contribution in [0.15, 0.2) is 23.5 Å². The van der Waals surface area contributed by atoms with Gasteiger partial charge in [0.05, 0.1) is 43.2 Å². The normalized spacial score (nSPS) is 50.6. The van der Waals surface area contributed by atoms with Crippen molar-refractivity contribution in [1.29, 1.82) is 0 Å². The molecule has 0 aromatic heterocycles. The van der Waals surface area contributed by atoms with Crippen molar-refractivity contribution in [2.24, 2.45) is 28.6 Å². The van der Waals surface area contributed by atoms with Gasteiger partial charge in [-0.2, -0.15) is 0 Å². The molecule has 43 heavy (non-hydrogen) atoms. The molecule has 0 aromatic rings. The van der Waals surface area contributed by atoms with Gasteiger partial charge in [-0.25, -0.2) is 0 Å². The molecule has 0 amide bonds. The van der Waals surface area contributed by atoms with Crippen LogP contribution in [-0.4, -0.2) is 83.0 Å². The van der Waals surface area contributed by atoms with Gasteiger partial charge in [0.2, 0.25) is 6.29 Å². The number of rotatable bonds is 6. The highest BCUT2D eigenvalue weighted by Gasteiger charge is 2.65. The molecule has 9 nitrogen and oxygen atoms in total. The van der Waals surface area contributed by atoms with Gasteiger partial charge in [-0.05, 0) is 101 Å². The molecule has 1 saturated heterocycles. The fraction of sp³-hybridized carbons (Fsp3) is 0.853. The third-order valence-corrected chi connectivity index (χ3v) is 12.7. The molecule has 0 aromatic carbocycles. The van der Waals surface area contributed by atoms with E-state index in [2.05, 4.69) is 19.9 Å². The van der Waals surface area contributed by atoms with Gasteiger partial charge in [-0.15, -0.1) is 0 Å². The van der Waals surface area contributed by atoms with Crippen molar-refractivity contribution < 1.29 is 43.8 Å². The Kier molecular flexibility index (Phi) is 8.45. The molecule has 4 fully saturated rings. The van der Waals surface area contributed by atoms with E-state index in [1.807, 2.05) is 13.8 Å². The summed E-state index contributed by atoms with van der Waals surface area (Å²) in [6.45, 7) is 10.3. The molecule has 242 valence electrons. The second-order valence-electron chi connectivity index (χ2n) is 14.8. The zero-order chi connectivity index (χ0) is 30.9. The number of hydrogen-bond acceptors (Lipinski definition) is 9. The van der Waals surface area contributed by atoms with E-state index >= 15 is 0 Å². The second-order valence-corrected chi connectivity index (χ2v) is 14.8. The second kappa shape index (κ2) is 11.5. The van der Waals surface area contributed by atoms with E-state index in [-0.39, 0.29) is 35.2 Å². The summed E-state index contributed by atoms with van der Waals surface area (Å²) in [5, 5.41) is 32.7. The maximum Gasteiger partial charge on any atom is 0.252 e. The van der Waals surface area contributed by atoms with Crippen molar-refractivity contribution in [3.8, 4) is 0 Å². The van der Waals surface area contributed by atoms with Gasteiger partial charge in [0, 0.05) is 11.8 Å². The number of methoxy groups -OCH3 is 1. The molecule has 2 aliphatic heterocycles. The van der Waals surface area contributed by atoms with Crippen molar-refractivity contribution in [2.45, 2.75) is 147 Å². The van der Waals surface area contributed by atoms with Crippen LogP contribution < -0.4 is 0 Å². The van der Waals surface area contributed by atoms with Crippen molar-refractivity contribution in [3.63, 3.8) is 0 Å². The van der Waals surface area contributed by atoms with Crippen LogP contribution >= 0.6 is 0 Å². The summed E-state index contributed by atoms with van der Waals surface area (Å²) in [6.07, 6.45) is 6.94. The molecule has 9 heteroatoms. The maximum absolute atomic E-state index is 12.8. The number of aliphatic hydroxyl groups is 3. The van der Waals surface area contributed by atoms with Crippen LogP contribution in [0.4, 0.5) is 0 Å². The zero-order valence-corrected chi connectivity index (χ0v) is 26.7. The van der Waals surface area contributed by atoms with E-state index < -0.39 is 42.6 Å². The smallest absolute Gasteiger partial charge is 0.252 e. The van der Waals surface area contributed by atoms with Crippen LogP contribution in [0.1, 0.15) is 92.4 Å². The Hall–Kier alpha value is -1.33. The third kappa shape index (κ3) is 5.15. The Balaban J connectivity index is 1.14. The van der Waals surface area contributed by atoms with Gasteiger partial charge in [0.1, 0.15) is 6.10 Å². The molecule has 14 atom stereocenters. The summed E-state index contributed by atoms with van der Waals surface area (Å²) in [6, 6.07) is 0. The summed E-state index contributed by atoms with van der Waals surface area (Å²) in [7, 11) is 1.51. The highest BCUT2D eigenvalue weighted by Crippen LogP contribution is 2.68. The van der Waals surface area contributed by atoms with Crippen molar-refractivity contribution in [3.05, 3.63) is 23.5 Å². The van der Waals surface area contributed by atoms with Crippen LogP contribution in [-0.2, 0) is 28.5 Å². The lowest BCUT2D eigenvalue weighted by Crippen LogP contribution is -2.59. The Labute approximate surface area is 255 Å². The Morgan fingerprint density at radius 3 is 2.51 bits per heavy atom. The lowest BCUT2D eigenvalue weighted by molar-refractivity contribution is -0.288. The van der Waals surface area contributed by atoms with Crippen molar-refractivity contribution in [2.75, 3.05) is 7.11 Å². The predicted octanol–water partition coefficient (Wildman–Crippen LogP) is 4.17. The molecular weight excluding hydrogens is 552 g/mol. The molecule has 0 spiro atoms. The number of carbonyl (C=O) groups excluding carboxylic acids is 1. The van der Waals surface area contributed by atoms with E-state index in [0.717, 1.165) is 44.9 Å². The van der Waals surface area contributed by atoms with Crippen LogP contribution in [0, 0.1) is 28.6 Å². The average molecular weight is 605 g/mol. The number of aliphatic hydroxyl groups excluding tert-OH is 2. The molecule has 0 unspecified atom stereocenters. The lowest BCUT2D eigenvalue weighted by atomic mass is 9.46. The molecule has 0 radical (unpaired) electrons. The minimum absolute atomic E-state index is 0.0685. The monoisotopic (exact) mass is 604 g/mol. The first-order valence-corrected chi connectivity index (χ1v) is 16.5. The summed E-state index contributed by atoms with van der Waals surface area (Å²) in [5.41, 5.74) is 0.252. The summed E-state index contributed by atoms with van der Waals surface area (Å²) < 4.78 is 29.5. The number of hydrogen-bond donors (Lipinski definition) is 3. The number of ketones is 1. The van der Waals surface area contributed by atoms with Gasteiger partial charge >= 0.3 is 0 Å². The Bertz CT molecular complexity index is 1120. The quantitative estimate of drug-likeness (QED) is 0.383. The molecule has 4 aliphatic carbocycles. The molecule has 2 heterocycles. The lowest BCUT2D eigenvalue weighted by Gasteiger charge is -2.59. The predicted molar refractivity (Wildman–Crippen MR) is 157 cm³/mol. The van der Waals surface area contributed by atoms with E-state index in [9.17, 15) is 20.1 Å². The number of allylic oxidation sites excluding steroid dienone is 1. The minimum Gasteiger partial charge on any atom is -0.493 e. The SMILES string of the molecule is COC1=C[C@H](C)O[C@@H](O[C@H]2CC[C@@]3(C)C(=CC[C@@H]4[C@@H]3CC[C@@]3(C)[C@H]4CC[C@]3(O)[C@@H](C)O[C@@H]3C[C@H](O)[C@H](O)[C@H](C)O3)C2)C1=O. The largest absolute Gasteiger partial charge is 0.493 e. The van der Waals surface area contributed by atoms with Gasteiger partial charge in [0.15, 0.2) is 12.0 Å². The van der Waals surface area contributed by atoms with Gasteiger partial charge in [-0.3, -0.25) is 4.79 Å². The summed E-state index contributed by atoms with van der Waals surface area (Å²) in [5.74, 6) is 1.48. The number of fused-ring (bicyclic) bond motifs is 5. The number of ether oxygens (including phenoxy) is 5. The van der Waals surface area contributed by atoms with Crippen LogP contribution in [0.25, 0.3) is 0 Å². The number of carbonyl (C=O) groups is 1. The van der Waals surface area contributed by atoms with Crippen LogP contribution in [0.5, 0.6) is 0 Å². The zero-order valence-electron chi connectivity index (χ0n) is 26.7. The van der Waals surface area contributed by atoms with Crippen molar-refractivity contribution >= 4 is 5.78 Å². The molecule has 3 N–H and O–H groups in total.